The third-order valence-corrected chi connectivity index (χ3v) is 3.14. The van der Waals surface area contributed by atoms with E-state index in [1.54, 1.807) is 12.5 Å². The Hall–Kier alpha value is -1.81. The summed E-state index contributed by atoms with van der Waals surface area (Å²) in [5.74, 6) is 0.871. The van der Waals surface area contributed by atoms with E-state index in [1.807, 2.05) is 35.8 Å². The van der Waals surface area contributed by atoms with Crippen LogP contribution in [0.25, 0.3) is 5.69 Å². The zero-order valence-corrected chi connectivity index (χ0v) is 11.7. The zero-order valence-electron chi connectivity index (χ0n) is 11.7. The van der Waals surface area contributed by atoms with Gasteiger partial charge in [-0.05, 0) is 32.4 Å². The maximum atomic E-state index is 5.94. The van der Waals surface area contributed by atoms with Crippen LogP contribution in [-0.4, -0.2) is 15.7 Å². The first-order valence-corrected chi connectivity index (χ1v) is 6.66. The molecular weight excluding hydrogens is 238 g/mol. The van der Waals surface area contributed by atoms with E-state index in [4.69, 9.17) is 10.5 Å². The molecule has 0 saturated carbocycles. The van der Waals surface area contributed by atoms with Gasteiger partial charge in [0.1, 0.15) is 5.75 Å². The second-order valence-corrected chi connectivity index (χ2v) is 4.81. The molecule has 1 aromatic heterocycles. The van der Waals surface area contributed by atoms with E-state index in [0.29, 0.717) is 0 Å². The van der Waals surface area contributed by atoms with Gasteiger partial charge in [-0.3, -0.25) is 0 Å². The SMILES string of the molecule is CCC(C)Oc1cccc(-n2cncc2[C@@H](C)N)c1. The Bertz CT molecular complexity index is 534. The average molecular weight is 259 g/mol. The summed E-state index contributed by atoms with van der Waals surface area (Å²) in [7, 11) is 0. The second-order valence-electron chi connectivity index (χ2n) is 4.81. The summed E-state index contributed by atoms with van der Waals surface area (Å²) >= 11 is 0. The Kier molecular flexibility index (Phi) is 4.22. The number of imidazole rings is 1. The van der Waals surface area contributed by atoms with E-state index < -0.39 is 0 Å². The second kappa shape index (κ2) is 5.89. The van der Waals surface area contributed by atoms with Crippen molar-refractivity contribution in [1.29, 1.82) is 0 Å². The lowest BCUT2D eigenvalue weighted by Gasteiger charge is -2.15. The van der Waals surface area contributed by atoms with Crippen LogP contribution in [0.1, 0.15) is 38.9 Å². The number of hydrogen-bond acceptors (Lipinski definition) is 3. The third-order valence-electron chi connectivity index (χ3n) is 3.14. The molecule has 2 atom stereocenters. The Labute approximate surface area is 114 Å². The van der Waals surface area contributed by atoms with Crippen LogP contribution in [0.2, 0.25) is 0 Å². The van der Waals surface area contributed by atoms with E-state index >= 15 is 0 Å². The largest absolute Gasteiger partial charge is 0.491 e. The topological polar surface area (TPSA) is 53.1 Å². The van der Waals surface area contributed by atoms with Crippen LogP contribution in [0.4, 0.5) is 0 Å². The fourth-order valence-electron chi connectivity index (χ4n) is 1.88. The molecule has 2 aromatic rings. The minimum Gasteiger partial charge on any atom is -0.491 e. The molecule has 0 spiro atoms. The van der Waals surface area contributed by atoms with Crippen LogP contribution in [0.5, 0.6) is 5.75 Å². The van der Waals surface area contributed by atoms with Gasteiger partial charge < -0.3 is 15.0 Å². The summed E-state index contributed by atoms with van der Waals surface area (Å²) in [6.45, 7) is 6.13. The highest BCUT2D eigenvalue weighted by molar-refractivity contribution is 5.40. The van der Waals surface area contributed by atoms with Gasteiger partial charge in [-0.2, -0.15) is 0 Å². The molecule has 1 aromatic carbocycles. The van der Waals surface area contributed by atoms with Crippen molar-refractivity contribution in [2.75, 3.05) is 0 Å². The van der Waals surface area contributed by atoms with Crippen molar-refractivity contribution < 1.29 is 4.74 Å². The Balaban J connectivity index is 2.30. The third kappa shape index (κ3) is 3.15. The van der Waals surface area contributed by atoms with E-state index in [9.17, 15) is 0 Å². The first-order valence-electron chi connectivity index (χ1n) is 6.66. The highest BCUT2D eigenvalue weighted by Gasteiger charge is 2.09. The van der Waals surface area contributed by atoms with Crippen LogP contribution < -0.4 is 10.5 Å². The van der Waals surface area contributed by atoms with Gasteiger partial charge in [0.25, 0.3) is 0 Å². The Morgan fingerprint density at radius 2 is 2.16 bits per heavy atom. The first-order chi connectivity index (χ1) is 9.11. The molecule has 1 unspecified atom stereocenters. The lowest BCUT2D eigenvalue weighted by Crippen LogP contribution is -2.12. The van der Waals surface area contributed by atoms with Crippen molar-refractivity contribution in [1.82, 2.24) is 9.55 Å². The maximum Gasteiger partial charge on any atom is 0.121 e. The van der Waals surface area contributed by atoms with Crippen LogP contribution in [-0.2, 0) is 0 Å². The Morgan fingerprint density at radius 1 is 1.37 bits per heavy atom. The van der Waals surface area contributed by atoms with Crippen molar-refractivity contribution in [2.24, 2.45) is 5.73 Å². The molecule has 0 saturated heterocycles. The minimum atomic E-state index is -0.0540. The van der Waals surface area contributed by atoms with Crippen molar-refractivity contribution >= 4 is 0 Å². The van der Waals surface area contributed by atoms with E-state index in [-0.39, 0.29) is 12.1 Å². The molecule has 19 heavy (non-hydrogen) atoms. The maximum absolute atomic E-state index is 5.94. The molecule has 0 radical (unpaired) electrons. The molecule has 102 valence electrons. The summed E-state index contributed by atoms with van der Waals surface area (Å²) < 4.78 is 7.83. The predicted molar refractivity (Wildman–Crippen MR) is 76.5 cm³/mol. The van der Waals surface area contributed by atoms with Crippen molar-refractivity contribution in [3.8, 4) is 11.4 Å². The molecule has 4 nitrogen and oxygen atoms in total. The lowest BCUT2D eigenvalue weighted by molar-refractivity contribution is 0.217. The number of ether oxygens (including phenoxy) is 1. The van der Waals surface area contributed by atoms with E-state index in [1.165, 1.54) is 0 Å². The number of rotatable bonds is 5. The molecule has 0 fully saturated rings. The van der Waals surface area contributed by atoms with Gasteiger partial charge in [0.15, 0.2) is 0 Å². The van der Waals surface area contributed by atoms with Crippen molar-refractivity contribution in [3.63, 3.8) is 0 Å². The highest BCUT2D eigenvalue weighted by Crippen LogP contribution is 2.21. The van der Waals surface area contributed by atoms with E-state index in [0.717, 1.165) is 23.6 Å². The minimum absolute atomic E-state index is 0.0540. The number of nitrogens with zero attached hydrogens (tertiary/aromatic N) is 2. The number of hydrogen-bond donors (Lipinski definition) is 1. The quantitative estimate of drug-likeness (QED) is 0.897. The van der Waals surface area contributed by atoms with Gasteiger partial charge in [0.05, 0.1) is 30.0 Å². The predicted octanol–water partition coefficient (Wildman–Crippen LogP) is 3.07. The van der Waals surface area contributed by atoms with Crippen LogP contribution in [0.3, 0.4) is 0 Å². The van der Waals surface area contributed by atoms with Crippen molar-refractivity contribution in [2.45, 2.75) is 39.3 Å². The van der Waals surface area contributed by atoms with Crippen LogP contribution in [0, 0.1) is 0 Å². The average Bonchev–Trinajstić information content (AvgIpc) is 2.88. The standard InChI is InChI=1S/C15H21N3O/c1-4-11(2)19-14-7-5-6-13(8-14)18-10-17-9-15(18)12(3)16/h5-12H,4,16H2,1-3H3/t11?,12-/m1/s1. The Morgan fingerprint density at radius 3 is 2.84 bits per heavy atom. The highest BCUT2D eigenvalue weighted by atomic mass is 16.5. The molecule has 0 aliphatic carbocycles. The molecule has 1 heterocycles. The lowest BCUT2D eigenvalue weighted by atomic mass is 10.2. The van der Waals surface area contributed by atoms with E-state index in [2.05, 4.69) is 18.8 Å². The van der Waals surface area contributed by atoms with Gasteiger partial charge in [0.2, 0.25) is 0 Å². The molecule has 0 aliphatic rings. The molecule has 2 N–H and O–H groups in total. The molecule has 0 bridgehead atoms. The fourth-order valence-corrected chi connectivity index (χ4v) is 1.88. The van der Waals surface area contributed by atoms with Gasteiger partial charge in [-0.1, -0.05) is 13.0 Å². The molecule has 2 rings (SSSR count). The smallest absolute Gasteiger partial charge is 0.121 e. The van der Waals surface area contributed by atoms with Crippen LogP contribution in [0.15, 0.2) is 36.8 Å². The molecule has 0 amide bonds. The molecule has 0 aliphatic heterocycles. The number of aromatic nitrogens is 2. The number of benzene rings is 1. The van der Waals surface area contributed by atoms with Gasteiger partial charge in [0, 0.05) is 12.1 Å². The molecule has 4 heteroatoms. The molecular formula is C15H21N3O. The monoisotopic (exact) mass is 259 g/mol. The zero-order chi connectivity index (χ0) is 13.8. The summed E-state index contributed by atoms with van der Waals surface area (Å²) in [6, 6.07) is 7.94. The van der Waals surface area contributed by atoms with Gasteiger partial charge in [-0.25, -0.2) is 4.98 Å². The number of nitrogens with two attached hydrogens (primary N) is 1. The first kappa shape index (κ1) is 13.6. The summed E-state index contributed by atoms with van der Waals surface area (Å²) in [5.41, 5.74) is 7.95. The fraction of sp³-hybridized carbons (Fsp3) is 0.400. The summed E-state index contributed by atoms with van der Waals surface area (Å²) in [6.07, 6.45) is 4.78. The summed E-state index contributed by atoms with van der Waals surface area (Å²) in [4.78, 5) is 4.17. The summed E-state index contributed by atoms with van der Waals surface area (Å²) in [5, 5.41) is 0. The van der Waals surface area contributed by atoms with Crippen molar-refractivity contribution in [3.05, 3.63) is 42.5 Å². The van der Waals surface area contributed by atoms with Crippen LogP contribution >= 0.6 is 0 Å². The van der Waals surface area contributed by atoms with Gasteiger partial charge in [-0.15, -0.1) is 0 Å². The normalized spacial score (nSPS) is 14.1. The van der Waals surface area contributed by atoms with Gasteiger partial charge >= 0.3 is 0 Å².